The first-order valence-corrected chi connectivity index (χ1v) is 11.8. The second kappa shape index (κ2) is 9.33. The van der Waals surface area contributed by atoms with Crippen molar-refractivity contribution >= 4 is 11.9 Å². The van der Waals surface area contributed by atoms with Crippen molar-refractivity contribution in [2.45, 2.75) is 44.7 Å². The SMILES string of the molecule is COC(=O)C1CN(C(=O)c2nc(-c3ccccc3)n3c2CCCCC3)Cc2ccc(OC)cc21. The van der Waals surface area contributed by atoms with Crippen LogP contribution in [0.5, 0.6) is 5.75 Å². The highest BCUT2D eigenvalue weighted by molar-refractivity contribution is 5.95. The molecule has 2 aromatic carbocycles. The Morgan fingerprint density at radius 3 is 2.62 bits per heavy atom. The van der Waals surface area contributed by atoms with Crippen LogP contribution < -0.4 is 4.74 Å². The van der Waals surface area contributed by atoms with Crippen molar-refractivity contribution in [2.24, 2.45) is 0 Å². The number of ether oxygens (including phenoxy) is 2. The van der Waals surface area contributed by atoms with E-state index in [0.29, 0.717) is 18.0 Å². The maximum absolute atomic E-state index is 13.9. The number of rotatable bonds is 4. The van der Waals surface area contributed by atoms with Crippen LogP contribution in [0, 0.1) is 0 Å². The topological polar surface area (TPSA) is 73.7 Å². The van der Waals surface area contributed by atoms with Crippen molar-refractivity contribution in [3.63, 3.8) is 0 Å². The molecule has 176 valence electrons. The number of benzene rings is 2. The van der Waals surface area contributed by atoms with Crippen LogP contribution in [0.3, 0.4) is 0 Å². The minimum Gasteiger partial charge on any atom is -0.497 e. The number of carbonyl (C=O) groups excluding carboxylic acids is 2. The highest BCUT2D eigenvalue weighted by atomic mass is 16.5. The number of hydrogen-bond donors (Lipinski definition) is 0. The van der Waals surface area contributed by atoms with Crippen molar-refractivity contribution < 1.29 is 19.1 Å². The molecule has 2 aliphatic heterocycles. The molecule has 0 N–H and O–H groups in total. The first kappa shape index (κ1) is 22.2. The van der Waals surface area contributed by atoms with Crippen LogP contribution in [0.4, 0.5) is 0 Å². The number of amides is 1. The van der Waals surface area contributed by atoms with Gasteiger partial charge in [0, 0.05) is 25.2 Å². The Balaban J connectivity index is 1.54. The predicted octanol–water partition coefficient (Wildman–Crippen LogP) is 4.20. The predicted molar refractivity (Wildman–Crippen MR) is 128 cm³/mol. The molecule has 2 aliphatic rings. The zero-order valence-electron chi connectivity index (χ0n) is 19.6. The van der Waals surface area contributed by atoms with Crippen molar-refractivity contribution in [1.82, 2.24) is 14.5 Å². The molecule has 0 saturated heterocycles. The molecule has 1 unspecified atom stereocenters. The smallest absolute Gasteiger partial charge is 0.314 e. The van der Waals surface area contributed by atoms with Gasteiger partial charge in [0.2, 0.25) is 0 Å². The molecular weight excluding hydrogens is 430 g/mol. The number of imidazole rings is 1. The molecule has 0 aliphatic carbocycles. The fraction of sp³-hybridized carbons (Fsp3) is 0.370. The number of carbonyl (C=O) groups is 2. The lowest BCUT2D eigenvalue weighted by molar-refractivity contribution is -0.143. The Kier molecular flexibility index (Phi) is 6.09. The highest BCUT2D eigenvalue weighted by Crippen LogP contribution is 2.34. The van der Waals surface area contributed by atoms with E-state index in [2.05, 4.69) is 4.57 Å². The Labute approximate surface area is 199 Å². The van der Waals surface area contributed by atoms with Crippen LogP contribution in [0.25, 0.3) is 11.4 Å². The first-order valence-electron chi connectivity index (χ1n) is 11.8. The minimum absolute atomic E-state index is 0.136. The number of fused-ring (bicyclic) bond motifs is 2. The number of esters is 1. The number of nitrogens with zero attached hydrogens (tertiary/aromatic N) is 3. The number of hydrogen-bond acceptors (Lipinski definition) is 5. The molecule has 0 saturated carbocycles. The summed E-state index contributed by atoms with van der Waals surface area (Å²) in [6, 6.07) is 15.7. The maximum atomic E-state index is 13.9. The average Bonchev–Trinajstić information content (AvgIpc) is 3.07. The minimum atomic E-state index is -0.567. The Morgan fingerprint density at radius 2 is 1.85 bits per heavy atom. The molecule has 0 bridgehead atoms. The van der Waals surface area contributed by atoms with Crippen LogP contribution in [0.15, 0.2) is 48.5 Å². The van der Waals surface area contributed by atoms with Gasteiger partial charge < -0.3 is 18.9 Å². The fourth-order valence-electron chi connectivity index (χ4n) is 5.10. The molecule has 7 heteroatoms. The van der Waals surface area contributed by atoms with Gasteiger partial charge in [0.15, 0.2) is 0 Å². The highest BCUT2D eigenvalue weighted by Gasteiger charge is 2.36. The third-order valence-corrected chi connectivity index (χ3v) is 6.87. The lowest BCUT2D eigenvalue weighted by Gasteiger charge is -2.33. The summed E-state index contributed by atoms with van der Waals surface area (Å²) < 4.78 is 12.7. The van der Waals surface area contributed by atoms with Gasteiger partial charge in [-0.2, -0.15) is 0 Å². The summed E-state index contributed by atoms with van der Waals surface area (Å²) in [4.78, 5) is 33.2. The summed E-state index contributed by atoms with van der Waals surface area (Å²) in [6.45, 7) is 1.52. The van der Waals surface area contributed by atoms with Gasteiger partial charge in [-0.15, -0.1) is 0 Å². The molecule has 0 radical (unpaired) electrons. The molecular formula is C27H29N3O4. The van der Waals surface area contributed by atoms with Gasteiger partial charge in [-0.05, 0) is 42.5 Å². The second-order valence-corrected chi connectivity index (χ2v) is 8.89. The van der Waals surface area contributed by atoms with Crippen molar-refractivity contribution in [2.75, 3.05) is 20.8 Å². The molecule has 34 heavy (non-hydrogen) atoms. The van der Waals surface area contributed by atoms with Crippen LogP contribution in [-0.4, -0.2) is 47.1 Å². The van der Waals surface area contributed by atoms with Gasteiger partial charge in [0.1, 0.15) is 17.3 Å². The van der Waals surface area contributed by atoms with E-state index in [1.807, 2.05) is 48.5 Å². The third kappa shape index (κ3) is 3.95. The van der Waals surface area contributed by atoms with Crippen LogP contribution in [-0.2, 0) is 29.0 Å². The lowest BCUT2D eigenvalue weighted by atomic mass is 9.89. The zero-order valence-corrected chi connectivity index (χ0v) is 19.6. The quantitative estimate of drug-likeness (QED) is 0.547. The summed E-state index contributed by atoms with van der Waals surface area (Å²) in [5, 5.41) is 0. The molecule has 1 amide bonds. The molecule has 5 rings (SSSR count). The van der Waals surface area contributed by atoms with E-state index in [0.717, 1.165) is 60.4 Å². The standard InChI is InChI=1S/C27H29N3O4/c1-33-20-13-12-19-16-29(17-22(21(19)15-20)27(32)34-2)26(31)24-23-11-7-4-8-14-30(23)25(28-24)18-9-5-3-6-10-18/h3,5-6,9-10,12-13,15,22H,4,7-8,11,14,16-17H2,1-2H3. The van der Waals surface area contributed by atoms with Gasteiger partial charge in [0.25, 0.3) is 5.91 Å². The summed E-state index contributed by atoms with van der Waals surface area (Å²) in [5.41, 5.74) is 4.28. The molecule has 3 heterocycles. The third-order valence-electron chi connectivity index (χ3n) is 6.87. The largest absolute Gasteiger partial charge is 0.497 e. The Bertz CT molecular complexity index is 1220. The van der Waals surface area contributed by atoms with Crippen molar-refractivity contribution in [3.8, 4) is 17.1 Å². The molecule has 0 spiro atoms. The fourth-order valence-corrected chi connectivity index (χ4v) is 5.10. The summed E-state index contributed by atoms with van der Waals surface area (Å²) in [6.07, 6.45) is 4.06. The average molecular weight is 460 g/mol. The van der Waals surface area contributed by atoms with E-state index in [9.17, 15) is 9.59 Å². The first-order chi connectivity index (χ1) is 16.6. The summed E-state index contributed by atoms with van der Waals surface area (Å²) in [5.74, 6) is 0.457. The van der Waals surface area contributed by atoms with E-state index in [1.165, 1.54) is 7.11 Å². The molecule has 1 atom stereocenters. The van der Waals surface area contributed by atoms with E-state index in [4.69, 9.17) is 14.5 Å². The molecule has 0 fully saturated rings. The number of methoxy groups -OCH3 is 2. The van der Waals surface area contributed by atoms with Crippen molar-refractivity contribution in [1.29, 1.82) is 0 Å². The van der Waals surface area contributed by atoms with Gasteiger partial charge in [-0.1, -0.05) is 42.8 Å². The summed E-state index contributed by atoms with van der Waals surface area (Å²) >= 11 is 0. The second-order valence-electron chi connectivity index (χ2n) is 8.89. The van der Waals surface area contributed by atoms with E-state index in [1.54, 1.807) is 12.0 Å². The Hall–Kier alpha value is -3.61. The monoisotopic (exact) mass is 459 g/mol. The number of aromatic nitrogens is 2. The molecule has 3 aromatic rings. The lowest BCUT2D eigenvalue weighted by Crippen LogP contribution is -2.41. The zero-order chi connectivity index (χ0) is 23.7. The van der Waals surface area contributed by atoms with Gasteiger partial charge in [-0.3, -0.25) is 9.59 Å². The molecule has 7 nitrogen and oxygen atoms in total. The van der Waals surface area contributed by atoms with Crippen LogP contribution >= 0.6 is 0 Å². The van der Waals surface area contributed by atoms with E-state index < -0.39 is 5.92 Å². The Morgan fingerprint density at radius 1 is 1.03 bits per heavy atom. The van der Waals surface area contributed by atoms with Crippen LogP contribution in [0.1, 0.15) is 52.5 Å². The van der Waals surface area contributed by atoms with Gasteiger partial charge >= 0.3 is 5.97 Å². The van der Waals surface area contributed by atoms with E-state index in [-0.39, 0.29) is 18.4 Å². The van der Waals surface area contributed by atoms with Gasteiger partial charge in [0.05, 0.1) is 25.8 Å². The normalized spacial score (nSPS) is 17.4. The van der Waals surface area contributed by atoms with Gasteiger partial charge in [-0.25, -0.2) is 4.98 Å². The molecule has 1 aromatic heterocycles. The maximum Gasteiger partial charge on any atom is 0.314 e. The van der Waals surface area contributed by atoms with Crippen LogP contribution in [0.2, 0.25) is 0 Å². The van der Waals surface area contributed by atoms with Crippen molar-refractivity contribution in [3.05, 3.63) is 71.0 Å². The summed E-state index contributed by atoms with van der Waals surface area (Å²) in [7, 11) is 2.98. The van der Waals surface area contributed by atoms with E-state index >= 15 is 0 Å².